The third-order valence-electron chi connectivity index (χ3n) is 6.86. The number of carbonyl (C=O) groups is 2. The Morgan fingerprint density at radius 2 is 1.73 bits per heavy atom. The summed E-state index contributed by atoms with van der Waals surface area (Å²) in [5, 5.41) is 4.02. The van der Waals surface area contributed by atoms with E-state index in [2.05, 4.69) is 34.5 Å². The molecule has 1 fully saturated rings. The highest BCUT2D eigenvalue weighted by atomic mass is 16.3. The number of fused-ring (bicyclic) bond motifs is 2. The van der Waals surface area contributed by atoms with E-state index in [-0.39, 0.29) is 11.8 Å². The van der Waals surface area contributed by atoms with Gasteiger partial charge in [-0.25, -0.2) is 0 Å². The third kappa shape index (κ3) is 4.90. The lowest BCUT2D eigenvalue weighted by atomic mass is 10.0. The molecule has 5 rings (SSSR count). The van der Waals surface area contributed by atoms with Crippen LogP contribution in [0.3, 0.4) is 0 Å². The first-order valence-corrected chi connectivity index (χ1v) is 12.0. The SMILES string of the molecule is O=C(Cc1coc2cc3c(cc12)CCC3)NCCCC(=O)N1CCN(c2ccccc2)CC1. The third-order valence-corrected chi connectivity index (χ3v) is 6.86. The summed E-state index contributed by atoms with van der Waals surface area (Å²) in [7, 11) is 0. The Balaban J connectivity index is 1.04. The average Bonchev–Trinajstić information content (AvgIpc) is 3.47. The molecule has 1 saturated heterocycles. The van der Waals surface area contributed by atoms with Gasteiger partial charge < -0.3 is 19.5 Å². The fourth-order valence-electron chi connectivity index (χ4n) is 5.00. The number of rotatable bonds is 7. The fourth-order valence-corrected chi connectivity index (χ4v) is 5.00. The molecule has 0 radical (unpaired) electrons. The second-order valence-electron chi connectivity index (χ2n) is 9.07. The lowest BCUT2D eigenvalue weighted by Crippen LogP contribution is -2.48. The average molecular weight is 446 g/mol. The highest BCUT2D eigenvalue weighted by Gasteiger charge is 2.21. The number of benzene rings is 2. The van der Waals surface area contributed by atoms with Crippen molar-refractivity contribution in [1.29, 1.82) is 0 Å². The van der Waals surface area contributed by atoms with Crippen LogP contribution < -0.4 is 10.2 Å². The normalized spacial score (nSPS) is 15.6. The van der Waals surface area contributed by atoms with Crippen LogP contribution in [0.15, 0.2) is 53.1 Å². The Hall–Kier alpha value is -3.28. The summed E-state index contributed by atoms with van der Waals surface area (Å²) in [6.45, 7) is 3.72. The minimum Gasteiger partial charge on any atom is -0.464 e. The lowest BCUT2D eigenvalue weighted by molar-refractivity contribution is -0.131. The molecule has 0 unspecified atom stereocenters. The van der Waals surface area contributed by atoms with E-state index in [0.29, 0.717) is 25.8 Å². The zero-order valence-corrected chi connectivity index (χ0v) is 19.0. The maximum absolute atomic E-state index is 12.6. The molecule has 33 heavy (non-hydrogen) atoms. The van der Waals surface area contributed by atoms with Crippen molar-refractivity contribution in [2.24, 2.45) is 0 Å². The van der Waals surface area contributed by atoms with Crippen LogP contribution in [0.1, 0.15) is 36.0 Å². The van der Waals surface area contributed by atoms with E-state index in [1.807, 2.05) is 23.1 Å². The van der Waals surface area contributed by atoms with E-state index < -0.39 is 0 Å². The predicted molar refractivity (Wildman–Crippen MR) is 129 cm³/mol. The van der Waals surface area contributed by atoms with Crippen molar-refractivity contribution in [2.75, 3.05) is 37.6 Å². The highest BCUT2D eigenvalue weighted by molar-refractivity contribution is 5.88. The van der Waals surface area contributed by atoms with Crippen molar-refractivity contribution in [1.82, 2.24) is 10.2 Å². The van der Waals surface area contributed by atoms with Gasteiger partial charge in [0.15, 0.2) is 0 Å². The summed E-state index contributed by atoms with van der Waals surface area (Å²) in [4.78, 5) is 29.3. The predicted octanol–water partition coefficient (Wildman–Crippen LogP) is 3.71. The molecule has 2 aromatic carbocycles. The molecule has 172 valence electrons. The molecule has 1 N–H and O–H groups in total. The van der Waals surface area contributed by atoms with Crippen LogP contribution in [0, 0.1) is 0 Å². The number of piperazine rings is 1. The monoisotopic (exact) mass is 445 g/mol. The zero-order chi connectivity index (χ0) is 22.6. The smallest absolute Gasteiger partial charge is 0.224 e. The van der Waals surface area contributed by atoms with Gasteiger partial charge in [0.05, 0.1) is 12.7 Å². The van der Waals surface area contributed by atoms with Gasteiger partial charge in [-0.05, 0) is 61.1 Å². The van der Waals surface area contributed by atoms with E-state index >= 15 is 0 Å². The van der Waals surface area contributed by atoms with E-state index in [9.17, 15) is 9.59 Å². The van der Waals surface area contributed by atoms with Gasteiger partial charge >= 0.3 is 0 Å². The van der Waals surface area contributed by atoms with Gasteiger partial charge in [0.1, 0.15) is 5.58 Å². The first kappa shape index (κ1) is 21.6. The minimum atomic E-state index is -0.0258. The standard InChI is InChI=1S/C27H31N3O3/c31-26(18-22-19-33-25-17-21-7-4-6-20(21)16-24(22)25)28-11-5-10-27(32)30-14-12-29(13-15-30)23-8-2-1-3-9-23/h1-3,8-9,16-17,19H,4-7,10-15,18H2,(H,28,31). The van der Waals surface area contributed by atoms with Gasteiger partial charge in [0.25, 0.3) is 0 Å². The summed E-state index contributed by atoms with van der Waals surface area (Å²) in [6.07, 6.45) is 6.55. The van der Waals surface area contributed by atoms with Crippen molar-refractivity contribution >= 4 is 28.5 Å². The molecule has 2 heterocycles. The summed E-state index contributed by atoms with van der Waals surface area (Å²) in [5.74, 6) is 0.147. The minimum absolute atomic E-state index is 0.0258. The molecule has 2 aliphatic rings. The Kier molecular flexibility index (Phi) is 6.33. The van der Waals surface area contributed by atoms with Crippen LogP contribution in [-0.2, 0) is 28.9 Å². The van der Waals surface area contributed by atoms with Crippen LogP contribution >= 0.6 is 0 Å². The van der Waals surface area contributed by atoms with Gasteiger partial charge in [-0.3, -0.25) is 9.59 Å². The number of nitrogens with one attached hydrogen (secondary N) is 1. The van der Waals surface area contributed by atoms with Gasteiger partial charge in [0.2, 0.25) is 11.8 Å². The van der Waals surface area contributed by atoms with Crippen LogP contribution in [0.2, 0.25) is 0 Å². The summed E-state index contributed by atoms with van der Waals surface area (Å²) in [5.41, 5.74) is 5.77. The van der Waals surface area contributed by atoms with Gasteiger partial charge in [-0.15, -0.1) is 0 Å². The van der Waals surface area contributed by atoms with Crippen LogP contribution in [-0.4, -0.2) is 49.4 Å². The fraction of sp³-hybridized carbons (Fsp3) is 0.407. The van der Waals surface area contributed by atoms with Crippen LogP contribution in [0.25, 0.3) is 11.0 Å². The summed E-state index contributed by atoms with van der Waals surface area (Å²) in [6, 6.07) is 14.7. The van der Waals surface area contributed by atoms with E-state index in [1.54, 1.807) is 6.26 Å². The second kappa shape index (κ2) is 9.69. The molecular formula is C27H31N3O3. The number of anilines is 1. The molecule has 6 heteroatoms. The molecule has 1 aromatic heterocycles. The Labute approximate surface area is 194 Å². The van der Waals surface area contributed by atoms with E-state index in [4.69, 9.17) is 4.42 Å². The number of nitrogens with zero attached hydrogens (tertiary/aromatic N) is 2. The van der Waals surface area contributed by atoms with Gasteiger partial charge in [-0.2, -0.15) is 0 Å². The first-order chi connectivity index (χ1) is 16.2. The number of hydrogen-bond donors (Lipinski definition) is 1. The Morgan fingerprint density at radius 3 is 2.52 bits per heavy atom. The van der Waals surface area contributed by atoms with Crippen LogP contribution in [0.4, 0.5) is 5.69 Å². The van der Waals surface area contributed by atoms with Gasteiger partial charge in [0, 0.05) is 55.8 Å². The van der Waals surface area contributed by atoms with Crippen molar-refractivity contribution in [2.45, 2.75) is 38.5 Å². The molecule has 6 nitrogen and oxygen atoms in total. The lowest BCUT2D eigenvalue weighted by Gasteiger charge is -2.36. The largest absolute Gasteiger partial charge is 0.464 e. The second-order valence-corrected chi connectivity index (χ2v) is 9.07. The van der Waals surface area contributed by atoms with Gasteiger partial charge in [-0.1, -0.05) is 18.2 Å². The number of para-hydroxylation sites is 1. The number of hydrogen-bond acceptors (Lipinski definition) is 4. The maximum atomic E-state index is 12.6. The van der Waals surface area contributed by atoms with Crippen molar-refractivity contribution in [3.05, 3.63) is 65.4 Å². The van der Waals surface area contributed by atoms with Crippen molar-refractivity contribution in [3.8, 4) is 0 Å². The van der Waals surface area contributed by atoms with E-state index in [0.717, 1.165) is 55.6 Å². The summed E-state index contributed by atoms with van der Waals surface area (Å²) < 4.78 is 5.70. The molecule has 1 aliphatic carbocycles. The Morgan fingerprint density at radius 1 is 0.970 bits per heavy atom. The Bertz CT molecular complexity index is 1130. The zero-order valence-electron chi connectivity index (χ0n) is 19.0. The molecule has 3 aromatic rings. The number of amides is 2. The maximum Gasteiger partial charge on any atom is 0.224 e. The molecule has 0 spiro atoms. The van der Waals surface area contributed by atoms with Crippen molar-refractivity contribution < 1.29 is 14.0 Å². The molecule has 0 saturated carbocycles. The number of furan rings is 1. The topological polar surface area (TPSA) is 65.8 Å². The molecule has 0 atom stereocenters. The number of aryl methyl sites for hydroxylation is 2. The molecule has 1 aliphatic heterocycles. The highest BCUT2D eigenvalue weighted by Crippen LogP contribution is 2.30. The van der Waals surface area contributed by atoms with E-state index in [1.165, 1.54) is 23.2 Å². The van der Waals surface area contributed by atoms with Crippen LogP contribution in [0.5, 0.6) is 0 Å². The van der Waals surface area contributed by atoms with Crippen molar-refractivity contribution in [3.63, 3.8) is 0 Å². The molecule has 2 amide bonds. The first-order valence-electron chi connectivity index (χ1n) is 12.0. The quantitative estimate of drug-likeness (QED) is 0.563. The molecule has 0 bridgehead atoms. The summed E-state index contributed by atoms with van der Waals surface area (Å²) >= 11 is 0. The molecular weight excluding hydrogens is 414 g/mol. The number of carbonyl (C=O) groups excluding carboxylic acids is 2.